The third-order valence-electron chi connectivity index (χ3n) is 2.95. The van der Waals surface area contributed by atoms with Crippen LogP contribution >= 0.6 is 15.9 Å². The van der Waals surface area contributed by atoms with Gasteiger partial charge < -0.3 is 9.84 Å². The van der Waals surface area contributed by atoms with Crippen LogP contribution in [0.2, 0.25) is 0 Å². The quantitative estimate of drug-likeness (QED) is 0.913. The van der Waals surface area contributed by atoms with Crippen LogP contribution in [0.3, 0.4) is 0 Å². The van der Waals surface area contributed by atoms with Crippen molar-refractivity contribution >= 4 is 15.9 Å². The second-order valence-corrected chi connectivity index (χ2v) is 5.28. The van der Waals surface area contributed by atoms with Gasteiger partial charge in [-0.25, -0.2) is 0 Å². The highest BCUT2D eigenvalue weighted by molar-refractivity contribution is 9.10. The van der Waals surface area contributed by atoms with E-state index in [-0.39, 0.29) is 0 Å². The van der Waals surface area contributed by atoms with Crippen LogP contribution in [0.4, 0.5) is 0 Å². The van der Waals surface area contributed by atoms with Crippen molar-refractivity contribution in [1.29, 1.82) is 0 Å². The number of rotatable bonds is 4. The molecule has 0 spiro atoms. The lowest BCUT2D eigenvalue weighted by molar-refractivity contribution is 0.219. The highest BCUT2D eigenvalue weighted by Gasteiger charge is 2.13. The maximum Gasteiger partial charge on any atom is 0.119 e. The second-order valence-electron chi connectivity index (χ2n) is 4.43. The Labute approximate surface area is 122 Å². The van der Waals surface area contributed by atoms with E-state index in [1.165, 1.54) is 0 Å². The summed E-state index contributed by atoms with van der Waals surface area (Å²) in [5, 5.41) is 10.4. The number of aryl methyl sites for hydroxylation is 1. The zero-order valence-electron chi connectivity index (χ0n) is 11.1. The number of hydrogen-bond donors (Lipinski definition) is 1. The van der Waals surface area contributed by atoms with E-state index in [2.05, 4.69) is 15.9 Å². The van der Waals surface area contributed by atoms with E-state index < -0.39 is 6.10 Å². The fraction of sp³-hybridized carbons (Fsp3) is 0.250. The van der Waals surface area contributed by atoms with Crippen molar-refractivity contribution in [3.8, 4) is 5.75 Å². The van der Waals surface area contributed by atoms with Crippen LogP contribution in [0.1, 0.15) is 29.7 Å². The summed E-state index contributed by atoms with van der Waals surface area (Å²) in [6, 6.07) is 13.5. The molecule has 3 heteroatoms. The van der Waals surface area contributed by atoms with Crippen molar-refractivity contribution in [1.82, 2.24) is 0 Å². The monoisotopic (exact) mass is 320 g/mol. The Hall–Kier alpha value is -1.32. The normalized spacial score (nSPS) is 12.2. The molecule has 0 saturated heterocycles. The zero-order valence-corrected chi connectivity index (χ0v) is 12.6. The maximum atomic E-state index is 10.4. The highest BCUT2D eigenvalue weighted by Crippen LogP contribution is 2.30. The minimum absolute atomic E-state index is 0.634. The van der Waals surface area contributed by atoms with Crippen LogP contribution in [0.25, 0.3) is 0 Å². The molecule has 2 nitrogen and oxygen atoms in total. The summed E-state index contributed by atoms with van der Waals surface area (Å²) in [5.41, 5.74) is 2.86. The zero-order chi connectivity index (χ0) is 13.8. The van der Waals surface area contributed by atoms with Crippen molar-refractivity contribution in [3.05, 3.63) is 63.6 Å². The molecule has 1 unspecified atom stereocenters. The molecular weight excluding hydrogens is 304 g/mol. The molecule has 0 bridgehead atoms. The van der Waals surface area contributed by atoms with Gasteiger partial charge in [0.15, 0.2) is 0 Å². The Morgan fingerprint density at radius 3 is 2.47 bits per heavy atom. The SMILES string of the molecule is CCOc1ccc(C(O)c2cc(C)ccc2Br)cc1. The molecule has 2 aromatic carbocycles. The molecule has 0 amide bonds. The Balaban J connectivity index is 2.27. The van der Waals surface area contributed by atoms with Crippen molar-refractivity contribution in [2.45, 2.75) is 20.0 Å². The van der Waals surface area contributed by atoms with E-state index in [1.807, 2.05) is 56.3 Å². The highest BCUT2D eigenvalue weighted by atomic mass is 79.9. The number of hydrogen-bond acceptors (Lipinski definition) is 2. The van der Waals surface area contributed by atoms with E-state index >= 15 is 0 Å². The molecule has 0 fully saturated rings. The largest absolute Gasteiger partial charge is 0.494 e. The molecule has 100 valence electrons. The van der Waals surface area contributed by atoms with E-state index in [0.717, 1.165) is 26.9 Å². The lowest BCUT2D eigenvalue weighted by Crippen LogP contribution is -2.01. The molecule has 0 aromatic heterocycles. The minimum Gasteiger partial charge on any atom is -0.494 e. The summed E-state index contributed by atoms with van der Waals surface area (Å²) in [4.78, 5) is 0. The first-order valence-electron chi connectivity index (χ1n) is 6.28. The van der Waals surface area contributed by atoms with Crippen LogP contribution in [0, 0.1) is 6.92 Å². The van der Waals surface area contributed by atoms with E-state index in [0.29, 0.717) is 6.61 Å². The topological polar surface area (TPSA) is 29.5 Å². The number of ether oxygens (including phenoxy) is 1. The second kappa shape index (κ2) is 6.22. The summed E-state index contributed by atoms with van der Waals surface area (Å²) in [6.45, 7) is 4.61. The summed E-state index contributed by atoms with van der Waals surface area (Å²) in [7, 11) is 0. The lowest BCUT2D eigenvalue weighted by atomic mass is 10.00. The molecule has 2 rings (SSSR count). The molecule has 1 N–H and O–H groups in total. The molecule has 1 atom stereocenters. The number of halogens is 1. The average molecular weight is 321 g/mol. The number of benzene rings is 2. The van der Waals surface area contributed by atoms with Crippen molar-refractivity contribution in [2.24, 2.45) is 0 Å². The molecule has 0 heterocycles. The van der Waals surface area contributed by atoms with E-state index in [9.17, 15) is 5.11 Å². The summed E-state index contributed by atoms with van der Waals surface area (Å²) < 4.78 is 6.31. The third-order valence-corrected chi connectivity index (χ3v) is 3.68. The van der Waals surface area contributed by atoms with Gasteiger partial charge in [-0.2, -0.15) is 0 Å². The smallest absolute Gasteiger partial charge is 0.119 e. The molecule has 0 radical (unpaired) electrons. The van der Waals surface area contributed by atoms with Crippen LogP contribution in [0.15, 0.2) is 46.9 Å². The molecule has 0 aliphatic carbocycles. The maximum absolute atomic E-state index is 10.4. The van der Waals surface area contributed by atoms with Gasteiger partial charge in [0.05, 0.1) is 6.61 Å². The fourth-order valence-electron chi connectivity index (χ4n) is 1.97. The van der Waals surface area contributed by atoms with E-state index in [4.69, 9.17) is 4.74 Å². The Morgan fingerprint density at radius 2 is 1.84 bits per heavy atom. The third kappa shape index (κ3) is 3.37. The number of aliphatic hydroxyl groups excluding tert-OH is 1. The molecule has 0 saturated carbocycles. The van der Waals surface area contributed by atoms with Crippen molar-refractivity contribution in [2.75, 3.05) is 6.61 Å². The Bertz CT molecular complexity index is 549. The minimum atomic E-state index is -0.634. The molecule has 0 aliphatic rings. The first-order chi connectivity index (χ1) is 9.11. The summed E-state index contributed by atoms with van der Waals surface area (Å²) in [5.74, 6) is 0.821. The lowest BCUT2D eigenvalue weighted by Gasteiger charge is -2.14. The van der Waals surface area contributed by atoms with Crippen LogP contribution in [0.5, 0.6) is 5.75 Å². The van der Waals surface area contributed by atoms with Gasteiger partial charge in [-0.3, -0.25) is 0 Å². The Kier molecular flexibility index (Phi) is 4.61. The summed E-state index contributed by atoms with van der Waals surface area (Å²) in [6.07, 6.45) is -0.634. The van der Waals surface area contributed by atoms with Gasteiger partial charge in [-0.15, -0.1) is 0 Å². The standard InChI is InChI=1S/C16H17BrO2/c1-3-19-13-7-5-12(6-8-13)16(18)14-10-11(2)4-9-15(14)17/h4-10,16,18H,3H2,1-2H3. The predicted molar refractivity (Wildman–Crippen MR) is 80.6 cm³/mol. The molecule has 0 aliphatic heterocycles. The van der Waals surface area contributed by atoms with Crippen molar-refractivity contribution in [3.63, 3.8) is 0 Å². The van der Waals surface area contributed by atoms with Gasteiger partial charge in [-0.1, -0.05) is 45.8 Å². The van der Waals surface area contributed by atoms with Crippen molar-refractivity contribution < 1.29 is 9.84 Å². The molecule has 19 heavy (non-hydrogen) atoms. The van der Waals surface area contributed by atoms with Crippen LogP contribution in [-0.2, 0) is 0 Å². The van der Waals surface area contributed by atoms with Gasteiger partial charge in [0, 0.05) is 4.47 Å². The number of aliphatic hydroxyl groups is 1. The van der Waals surface area contributed by atoms with Gasteiger partial charge >= 0.3 is 0 Å². The predicted octanol–water partition coefficient (Wildman–Crippen LogP) is 4.24. The van der Waals surface area contributed by atoms with Gasteiger partial charge in [0.2, 0.25) is 0 Å². The van der Waals surface area contributed by atoms with Crippen LogP contribution in [-0.4, -0.2) is 11.7 Å². The average Bonchev–Trinajstić information content (AvgIpc) is 2.42. The van der Waals surface area contributed by atoms with Crippen LogP contribution < -0.4 is 4.74 Å². The van der Waals surface area contributed by atoms with Gasteiger partial charge in [0.25, 0.3) is 0 Å². The molecular formula is C16H17BrO2. The first-order valence-corrected chi connectivity index (χ1v) is 7.08. The first kappa shape index (κ1) is 14.1. The van der Waals surface area contributed by atoms with Gasteiger partial charge in [0.1, 0.15) is 11.9 Å². The molecule has 2 aromatic rings. The Morgan fingerprint density at radius 1 is 1.16 bits per heavy atom. The van der Waals surface area contributed by atoms with Gasteiger partial charge in [-0.05, 0) is 43.2 Å². The fourth-order valence-corrected chi connectivity index (χ4v) is 2.43. The van der Waals surface area contributed by atoms with E-state index in [1.54, 1.807) is 0 Å². The summed E-state index contributed by atoms with van der Waals surface area (Å²) >= 11 is 3.48.